The number of rotatable bonds is 3. The van der Waals surface area contributed by atoms with Crippen molar-refractivity contribution in [3.05, 3.63) is 23.8 Å². The van der Waals surface area contributed by atoms with Crippen LogP contribution in [0.5, 0.6) is 5.75 Å². The number of para-hydroxylation sites is 1. The van der Waals surface area contributed by atoms with Crippen molar-refractivity contribution >= 4 is 5.69 Å². The molecule has 0 fully saturated rings. The van der Waals surface area contributed by atoms with Crippen LogP contribution in [-0.4, -0.2) is 12.2 Å². The quantitative estimate of drug-likeness (QED) is 0.698. The first kappa shape index (κ1) is 9.86. The van der Waals surface area contributed by atoms with Gasteiger partial charge in [-0.2, -0.15) is 0 Å². The Morgan fingerprint density at radius 2 is 2.23 bits per heavy atom. The van der Waals surface area contributed by atoms with E-state index in [0.29, 0.717) is 17.9 Å². The molecule has 0 bridgehead atoms. The van der Waals surface area contributed by atoms with Crippen molar-refractivity contribution in [3.8, 4) is 5.75 Å². The summed E-state index contributed by atoms with van der Waals surface area (Å²) in [7, 11) is 1.56. The first-order valence-corrected chi connectivity index (χ1v) is 4.31. The third-order valence-corrected chi connectivity index (χ3v) is 2.07. The molecule has 0 aliphatic carbocycles. The van der Waals surface area contributed by atoms with Gasteiger partial charge in [-0.05, 0) is 12.5 Å². The van der Waals surface area contributed by atoms with Crippen LogP contribution in [0.25, 0.3) is 0 Å². The fourth-order valence-corrected chi connectivity index (χ4v) is 1.25. The second-order valence-electron chi connectivity index (χ2n) is 2.89. The van der Waals surface area contributed by atoms with Gasteiger partial charge in [0.15, 0.2) is 0 Å². The number of aliphatic hydroxyl groups excluding tert-OH is 1. The zero-order valence-electron chi connectivity index (χ0n) is 7.95. The summed E-state index contributed by atoms with van der Waals surface area (Å²) in [4.78, 5) is 0. The van der Waals surface area contributed by atoms with E-state index >= 15 is 0 Å². The summed E-state index contributed by atoms with van der Waals surface area (Å²) in [5.41, 5.74) is 7.05. The minimum atomic E-state index is -0.505. The molecule has 3 heteroatoms. The standard InChI is InChI=1S/C10H15NO2/c1-3-8(12)7-5-4-6-9(13-2)10(7)11/h4-6,8,12H,3,11H2,1-2H3/t8-/m0/s1. The van der Waals surface area contributed by atoms with E-state index in [1.165, 1.54) is 0 Å². The number of ether oxygens (including phenoxy) is 1. The molecule has 0 saturated carbocycles. The molecule has 3 nitrogen and oxygen atoms in total. The summed E-state index contributed by atoms with van der Waals surface area (Å²) >= 11 is 0. The van der Waals surface area contributed by atoms with Gasteiger partial charge in [-0.3, -0.25) is 0 Å². The van der Waals surface area contributed by atoms with Crippen LogP contribution in [-0.2, 0) is 0 Å². The normalized spacial score (nSPS) is 12.5. The zero-order valence-corrected chi connectivity index (χ0v) is 7.95. The van der Waals surface area contributed by atoms with Crippen molar-refractivity contribution in [2.45, 2.75) is 19.4 Å². The monoisotopic (exact) mass is 181 g/mol. The first-order chi connectivity index (χ1) is 6.20. The van der Waals surface area contributed by atoms with E-state index in [-0.39, 0.29) is 0 Å². The summed E-state index contributed by atoms with van der Waals surface area (Å²) < 4.78 is 5.04. The maximum atomic E-state index is 9.59. The second kappa shape index (κ2) is 4.14. The fourth-order valence-electron chi connectivity index (χ4n) is 1.25. The van der Waals surface area contributed by atoms with E-state index in [4.69, 9.17) is 10.5 Å². The van der Waals surface area contributed by atoms with Gasteiger partial charge in [0.1, 0.15) is 5.75 Å². The topological polar surface area (TPSA) is 55.5 Å². The van der Waals surface area contributed by atoms with Gasteiger partial charge in [0.2, 0.25) is 0 Å². The Morgan fingerprint density at radius 1 is 1.54 bits per heavy atom. The maximum Gasteiger partial charge on any atom is 0.142 e. The van der Waals surface area contributed by atoms with Gasteiger partial charge >= 0.3 is 0 Å². The van der Waals surface area contributed by atoms with Gasteiger partial charge in [-0.1, -0.05) is 19.1 Å². The summed E-state index contributed by atoms with van der Waals surface area (Å²) in [6, 6.07) is 5.41. The van der Waals surface area contributed by atoms with Crippen molar-refractivity contribution in [2.75, 3.05) is 12.8 Å². The molecule has 1 aromatic rings. The molecule has 0 unspecified atom stereocenters. The van der Waals surface area contributed by atoms with Crippen LogP contribution in [0.2, 0.25) is 0 Å². The number of hydrogen-bond acceptors (Lipinski definition) is 3. The summed E-state index contributed by atoms with van der Waals surface area (Å²) in [6.45, 7) is 1.91. The van der Waals surface area contributed by atoms with Gasteiger partial charge < -0.3 is 15.6 Å². The lowest BCUT2D eigenvalue weighted by Crippen LogP contribution is -2.02. The molecule has 72 valence electrons. The molecule has 13 heavy (non-hydrogen) atoms. The second-order valence-corrected chi connectivity index (χ2v) is 2.89. The fraction of sp³-hybridized carbons (Fsp3) is 0.400. The number of benzene rings is 1. The Hall–Kier alpha value is -1.22. The third kappa shape index (κ3) is 1.92. The van der Waals surface area contributed by atoms with Gasteiger partial charge in [-0.15, -0.1) is 0 Å². The largest absolute Gasteiger partial charge is 0.495 e. The Balaban J connectivity index is 3.08. The summed E-state index contributed by atoms with van der Waals surface area (Å²) in [5, 5.41) is 9.59. The maximum absolute atomic E-state index is 9.59. The highest BCUT2D eigenvalue weighted by atomic mass is 16.5. The van der Waals surface area contributed by atoms with Crippen LogP contribution in [0.4, 0.5) is 5.69 Å². The molecule has 1 atom stereocenters. The van der Waals surface area contributed by atoms with Crippen LogP contribution in [0.1, 0.15) is 25.0 Å². The highest BCUT2D eigenvalue weighted by Gasteiger charge is 2.11. The lowest BCUT2D eigenvalue weighted by atomic mass is 10.0. The molecule has 0 spiro atoms. The average molecular weight is 181 g/mol. The molecule has 0 heterocycles. The molecule has 0 aromatic heterocycles. The molecular formula is C10H15NO2. The minimum absolute atomic E-state index is 0.505. The lowest BCUT2D eigenvalue weighted by molar-refractivity contribution is 0.174. The van der Waals surface area contributed by atoms with Crippen molar-refractivity contribution in [1.29, 1.82) is 0 Å². The predicted octanol–water partition coefficient (Wildman–Crippen LogP) is 1.72. The highest BCUT2D eigenvalue weighted by Crippen LogP contribution is 2.30. The molecular weight excluding hydrogens is 166 g/mol. The SMILES string of the molecule is CC[C@H](O)c1cccc(OC)c1N. The molecule has 0 radical (unpaired) electrons. The Labute approximate surface area is 78.1 Å². The van der Waals surface area contributed by atoms with E-state index in [1.54, 1.807) is 13.2 Å². The van der Waals surface area contributed by atoms with Crippen LogP contribution in [0.15, 0.2) is 18.2 Å². The predicted molar refractivity (Wildman–Crippen MR) is 52.7 cm³/mol. The number of aliphatic hydroxyl groups is 1. The number of nitrogen functional groups attached to an aromatic ring is 1. The van der Waals surface area contributed by atoms with E-state index in [0.717, 1.165) is 5.56 Å². The van der Waals surface area contributed by atoms with E-state index in [9.17, 15) is 5.11 Å². The van der Waals surface area contributed by atoms with Crippen molar-refractivity contribution in [1.82, 2.24) is 0 Å². The summed E-state index contributed by atoms with van der Waals surface area (Å²) in [6.07, 6.45) is 0.146. The minimum Gasteiger partial charge on any atom is -0.495 e. The Kier molecular flexibility index (Phi) is 3.14. The Bertz CT molecular complexity index is 286. The number of hydrogen-bond donors (Lipinski definition) is 2. The zero-order chi connectivity index (χ0) is 9.84. The van der Waals surface area contributed by atoms with E-state index < -0.39 is 6.10 Å². The molecule has 0 saturated heterocycles. The number of anilines is 1. The smallest absolute Gasteiger partial charge is 0.142 e. The first-order valence-electron chi connectivity index (χ1n) is 4.31. The van der Waals surface area contributed by atoms with Crippen LogP contribution in [0, 0.1) is 0 Å². The highest BCUT2D eigenvalue weighted by molar-refractivity contribution is 5.59. The Morgan fingerprint density at radius 3 is 2.77 bits per heavy atom. The van der Waals surface area contributed by atoms with Crippen LogP contribution >= 0.6 is 0 Å². The molecule has 0 amide bonds. The van der Waals surface area contributed by atoms with Gasteiger partial charge in [-0.25, -0.2) is 0 Å². The molecule has 1 aromatic carbocycles. The molecule has 3 N–H and O–H groups in total. The average Bonchev–Trinajstić information content (AvgIpc) is 2.17. The molecule has 1 rings (SSSR count). The molecule has 0 aliphatic rings. The van der Waals surface area contributed by atoms with E-state index in [2.05, 4.69) is 0 Å². The van der Waals surface area contributed by atoms with Crippen LogP contribution < -0.4 is 10.5 Å². The summed E-state index contributed by atoms with van der Waals surface area (Å²) in [5.74, 6) is 0.616. The third-order valence-electron chi connectivity index (χ3n) is 2.07. The van der Waals surface area contributed by atoms with Crippen molar-refractivity contribution in [2.24, 2.45) is 0 Å². The van der Waals surface area contributed by atoms with Gasteiger partial charge in [0, 0.05) is 5.56 Å². The van der Waals surface area contributed by atoms with Crippen molar-refractivity contribution in [3.63, 3.8) is 0 Å². The van der Waals surface area contributed by atoms with Crippen LogP contribution in [0.3, 0.4) is 0 Å². The van der Waals surface area contributed by atoms with Crippen molar-refractivity contribution < 1.29 is 9.84 Å². The van der Waals surface area contributed by atoms with Gasteiger partial charge in [0.05, 0.1) is 18.9 Å². The van der Waals surface area contributed by atoms with E-state index in [1.807, 2.05) is 19.1 Å². The van der Waals surface area contributed by atoms with Gasteiger partial charge in [0.25, 0.3) is 0 Å². The number of nitrogens with two attached hydrogens (primary N) is 1. The number of methoxy groups -OCH3 is 1. The molecule has 0 aliphatic heterocycles. The lowest BCUT2D eigenvalue weighted by Gasteiger charge is -2.13.